The number of rotatable bonds is 3. The van der Waals surface area contributed by atoms with Crippen molar-refractivity contribution >= 4 is 11.9 Å². The molecule has 0 radical (unpaired) electrons. The van der Waals surface area contributed by atoms with Crippen molar-refractivity contribution in [3.8, 4) is 6.07 Å². The van der Waals surface area contributed by atoms with Gasteiger partial charge in [0, 0.05) is 5.56 Å². The van der Waals surface area contributed by atoms with Crippen molar-refractivity contribution in [3.05, 3.63) is 76.4 Å². The average Bonchev–Trinajstić information content (AvgIpc) is 2.44. The number of allylic oxidation sites excluding steroid dienone is 1. The lowest BCUT2D eigenvalue weighted by Crippen LogP contribution is -2.02. The quantitative estimate of drug-likeness (QED) is 0.474. The molecule has 2 heteroatoms. The fourth-order valence-electron chi connectivity index (χ4n) is 2.02. The third-order valence-electron chi connectivity index (χ3n) is 3.00. The predicted molar refractivity (Wildman–Crippen MR) is 80.3 cm³/mol. The fourth-order valence-corrected chi connectivity index (χ4v) is 2.02. The van der Waals surface area contributed by atoms with Crippen LogP contribution in [-0.4, -0.2) is 5.78 Å². The molecule has 0 aliphatic rings. The number of nitrogens with zero attached hydrogens (tertiary/aromatic N) is 1. The smallest absolute Gasteiger partial charge is 0.203 e. The molecule has 0 saturated heterocycles. The number of carbonyl (C=O) groups is 1. The maximum absolute atomic E-state index is 12.3. The molecular weight excluding hydrogens is 246 g/mol. The van der Waals surface area contributed by atoms with E-state index in [9.17, 15) is 10.1 Å². The van der Waals surface area contributed by atoms with Crippen LogP contribution in [0.1, 0.15) is 27.0 Å². The van der Waals surface area contributed by atoms with Gasteiger partial charge < -0.3 is 0 Å². The summed E-state index contributed by atoms with van der Waals surface area (Å²) in [6.45, 7) is 3.90. The third kappa shape index (κ3) is 3.21. The highest BCUT2D eigenvalue weighted by Crippen LogP contribution is 2.14. The van der Waals surface area contributed by atoms with E-state index in [1.165, 1.54) is 0 Å². The van der Waals surface area contributed by atoms with Gasteiger partial charge in [-0.2, -0.15) is 5.26 Å². The summed E-state index contributed by atoms with van der Waals surface area (Å²) in [5.41, 5.74) is 3.66. The fraction of sp³-hybridized carbons (Fsp3) is 0.111. The van der Waals surface area contributed by atoms with E-state index in [0.717, 1.165) is 16.7 Å². The molecule has 20 heavy (non-hydrogen) atoms. The van der Waals surface area contributed by atoms with Gasteiger partial charge in [0.05, 0.1) is 0 Å². The molecule has 2 rings (SSSR count). The van der Waals surface area contributed by atoms with Gasteiger partial charge in [-0.1, -0.05) is 53.6 Å². The van der Waals surface area contributed by atoms with Crippen LogP contribution in [-0.2, 0) is 0 Å². The monoisotopic (exact) mass is 261 g/mol. The summed E-state index contributed by atoms with van der Waals surface area (Å²) >= 11 is 0. The van der Waals surface area contributed by atoms with Gasteiger partial charge >= 0.3 is 0 Å². The number of ketones is 1. The Morgan fingerprint density at radius 3 is 2.30 bits per heavy atom. The van der Waals surface area contributed by atoms with Crippen LogP contribution in [0.4, 0.5) is 0 Å². The Kier molecular flexibility index (Phi) is 4.12. The number of benzene rings is 2. The highest BCUT2D eigenvalue weighted by atomic mass is 16.1. The van der Waals surface area contributed by atoms with Crippen molar-refractivity contribution in [3.63, 3.8) is 0 Å². The molecule has 0 atom stereocenters. The van der Waals surface area contributed by atoms with Gasteiger partial charge in [0.25, 0.3) is 0 Å². The standard InChI is InChI=1S/C18H15NO/c1-13-5-3-7-15(9-13)11-17(12-19)18(20)16-8-4-6-14(2)10-16/h3-11H,1-2H3/b17-11+. The number of hydrogen-bond acceptors (Lipinski definition) is 2. The molecule has 0 heterocycles. The van der Waals surface area contributed by atoms with Crippen molar-refractivity contribution in [2.75, 3.05) is 0 Å². The van der Waals surface area contributed by atoms with Crippen LogP contribution in [0.5, 0.6) is 0 Å². The lowest BCUT2D eigenvalue weighted by molar-refractivity contribution is 0.104. The van der Waals surface area contributed by atoms with Crippen LogP contribution < -0.4 is 0 Å². The van der Waals surface area contributed by atoms with Crippen LogP contribution in [0.3, 0.4) is 0 Å². The second-order valence-corrected chi connectivity index (χ2v) is 4.78. The van der Waals surface area contributed by atoms with Crippen molar-refractivity contribution < 1.29 is 4.79 Å². The Balaban J connectivity index is 2.38. The van der Waals surface area contributed by atoms with E-state index in [4.69, 9.17) is 0 Å². The lowest BCUT2D eigenvalue weighted by Gasteiger charge is -2.02. The number of hydrogen-bond donors (Lipinski definition) is 0. The van der Waals surface area contributed by atoms with E-state index in [-0.39, 0.29) is 11.4 Å². The van der Waals surface area contributed by atoms with E-state index in [1.807, 2.05) is 56.3 Å². The van der Waals surface area contributed by atoms with Crippen LogP contribution in [0.25, 0.3) is 6.08 Å². The first-order valence-corrected chi connectivity index (χ1v) is 6.40. The normalized spacial score (nSPS) is 10.9. The average molecular weight is 261 g/mol. The summed E-state index contributed by atoms with van der Waals surface area (Å²) in [5.74, 6) is -0.238. The number of carbonyl (C=O) groups excluding carboxylic acids is 1. The van der Waals surface area contributed by atoms with Gasteiger partial charge in [-0.05, 0) is 31.6 Å². The third-order valence-corrected chi connectivity index (χ3v) is 3.00. The Morgan fingerprint density at radius 1 is 1.05 bits per heavy atom. The Hall–Kier alpha value is -2.66. The molecule has 0 spiro atoms. The van der Waals surface area contributed by atoms with E-state index >= 15 is 0 Å². The molecule has 0 saturated carbocycles. The minimum Gasteiger partial charge on any atom is -0.288 e. The summed E-state index contributed by atoms with van der Waals surface area (Å²) in [6, 6.07) is 17.0. The summed E-state index contributed by atoms with van der Waals surface area (Å²) in [4.78, 5) is 12.3. The van der Waals surface area contributed by atoms with Gasteiger partial charge in [0.2, 0.25) is 5.78 Å². The van der Waals surface area contributed by atoms with Crippen molar-refractivity contribution in [2.24, 2.45) is 0 Å². The van der Waals surface area contributed by atoms with Gasteiger partial charge in [0.15, 0.2) is 0 Å². The van der Waals surface area contributed by atoms with Gasteiger partial charge in [-0.3, -0.25) is 4.79 Å². The molecule has 2 aromatic carbocycles. The first-order valence-electron chi connectivity index (χ1n) is 6.40. The molecule has 0 aliphatic carbocycles. The highest BCUT2D eigenvalue weighted by molar-refractivity contribution is 6.14. The predicted octanol–water partition coefficient (Wildman–Crippen LogP) is 4.09. The largest absolute Gasteiger partial charge is 0.288 e. The molecule has 2 nitrogen and oxygen atoms in total. The summed E-state index contributed by atoms with van der Waals surface area (Å²) in [7, 11) is 0. The Labute approximate surface area is 119 Å². The lowest BCUT2D eigenvalue weighted by atomic mass is 10.00. The van der Waals surface area contributed by atoms with Crippen molar-refractivity contribution in [2.45, 2.75) is 13.8 Å². The maximum atomic E-state index is 12.3. The summed E-state index contributed by atoms with van der Waals surface area (Å²) in [6.07, 6.45) is 1.64. The van der Waals surface area contributed by atoms with E-state index in [1.54, 1.807) is 18.2 Å². The van der Waals surface area contributed by atoms with Crippen molar-refractivity contribution in [1.29, 1.82) is 5.26 Å². The second kappa shape index (κ2) is 5.99. The SMILES string of the molecule is Cc1cccc(/C=C(\C#N)C(=O)c2cccc(C)c2)c1. The van der Waals surface area contributed by atoms with Crippen LogP contribution in [0.2, 0.25) is 0 Å². The zero-order valence-electron chi connectivity index (χ0n) is 11.6. The van der Waals surface area contributed by atoms with E-state index < -0.39 is 0 Å². The first kappa shape index (κ1) is 13.8. The molecule has 0 N–H and O–H groups in total. The Morgan fingerprint density at radius 2 is 1.70 bits per heavy atom. The first-order chi connectivity index (χ1) is 9.60. The molecule has 98 valence electrons. The number of aryl methyl sites for hydroxylation is 2. The van der Waals surface area contributed by atoms with Crippen molar-refractivity contribution in [1.82, 2.24) is 0 Å². The summed E-state index contributed by atoms with van der Waals surface area (Å²) in [5, 5.41) is 9.22. The minimum absolute atomic E-state index is 0.154. The molecule has 0 amide bonds. The molecule has 0 aromatic heterocycles. The Bertz CT molecular complexity index is 720. The molecular formula is C18H15NO. The minimum atomic E-state index is -0.238. The molecule has 0 aliphatic heterocycles. The van der Waals surface area contributed by atoms with Crippen LogP contribution >= 0.6 is 0 Å². The van der Waals surface area contributed by atoms with Crippen LogP contribution in [0.15, 0.2) is 54.1 Å². The molecule has 0 bridgehead atoms. The van der Waals surface area contributed by atoms with Crippen LogP contribution in [0, 0.1) is 25.2 Å². The zero-order chi connectivity index (χ0) is 14.5. The number of nitriles is 1. The molecule has 0 unspecified atom stereocenters. The number of Topliss-reactive ketones (excluding diaryl/α,β-unsaturated/α-hetero) is 1. The summed E-state index contributed by atoms with van der Waals surface area (Å²) < 4.78 is 0. The molecule has 0 fully saturated rings. The van der Waals surface area contributed by atoms with Gasteiger partial charge in [-0.25, -0.2) is 0 Å². The van der Waals surface area contributed by atoms with E-state index in [2.05, 4.69) is 0 Å². The molecule has 2 aromatic rings. The highest BCUT2D eigenvalue weighted by Gasteiger charge is 2.12. The second-order valence-electron chi connectivity index (χ2n) is 4.78. The van der Waals surface area contributed by atoms with Gasteiger partial charge in [0.1, 0.15) is 11.6 Å². The van der Waals surface area contributed by atoms with E-state index in [0.29, 0.717) is 5.56 Å². The topological polar surface area (TPSA) is 40.9 Å². The maximum Gasteiger partial charge on any atom is 0.203 e. The van der Waals surface area contributed by atoms with Gasteiger partial charge in [-0.15, -0.1) is 0 Å². The zero-order valence-corrected chi connectivity index (χ0v) is 11.6.